The first-order valence-corrected chi connectivity index (χ1v) is 13.4. The summed E-state index contributed by atoms with van der Waals surface area (Å²) in [6, 6.07) is 17.8. The fourth-order valence-electron chi connectivity index (χ4n) is 5.72. The third kappa shape index (κ3) is 4.81. The van der Waals surface area contributed by atoms with Crippen LogP contribution in [0.1, 0.15) is 55.9 Å². The van der Waals surface area contributed by atoms with E-state index >= 15 is 0 Å². The van der Waals surface area contributed by atoms with Gasteiger partial charge in [0.05, 0.1) is 38.0 Å². The maximum atomic E-state index is 13.7. The van der Waals surface area contributed by atoms with Crippen molar-refractivity contribution in [2.75, 3.05) is 37.6 Å². The Kier molecular flexibility index (Phi) is 6.64. The summed E-state index contributed by atoms with van der Waals surface area (Å²) in [5.41, 5.74) is 7.16. The van der Waals surface area contributed by atoms with E-state index in [-0.39, 0.29) is 18.0 Å². The Morgan fingerprint density at radius 2 is 1.92 bits per heavy atom. The number of amides is 1. The van der Waals surface area contributed by atoms with Crippen molar-refractivity contribution in [3.05, 3.63) is 88.0 Å². The number of esters is 1. The van der Waals surface area contributed by atoms with Gasteiger partial charge in [-0.25, -0.2) is 4.79 Å². The minimum absolute atomic E-state index is 0.0371. The van der Waals surface area contributed by atoms with E-state index in [1.54, 1.807) is 6.07 Å². The number of hydrogen-bond donors (Lipinski definition) is 2. The third-order valence-electron chi connectivity index (χ3n) is 7.82. The molecule has 0 bridgehead atoms. The predicted octanol–water partition coefficient (Wildman–Crippen LogP) is 4.72. The van der Waals surface area contributed by atoms with Crippen molar-refractivity contribution >= 4 is 23.3 Å². The molecular weight excluding hydrogens is 494 g/mol. The molecule has 6 rings (SSSR count). The number of ether oxygens (including phenoxy) is 3. The SMILES string of the molecule is COC(=O)c1ccccc1NC(C)c1cc(C)cc2c1CN(C1COc3ccc(NC4COC4)cc3C1)C2=O. The molecule has 3 aromatic carbocycles. The van der Waals surface area contributed by atoms with Crippen LogP contribution in [-0.4, -0.2) is 55.8 Å². The van der Waals surface area contributed by atoms with Crippen LogP contribution in [0.5, 0.6) is 5.75 Å². The van der Waals surface area contributed by atoms with E-state index in [2.05, 4.69) is 29.7 Å². The number of nitrogens with one attached hydrogen (secondary N) is 2. The molecule has 3 aromatic rings. The quantitative estimate of drug-likeness (QED) is 0.430. The van der Waals surface area contributed by atoms with Crippen LogP contribution >= 0.6 is 0 Å². The maximum absolute atomic E-state index is 13.7. The number of anilines is 2. The minimum Gasteiger partial charge on any atom is -0.491 e. The van der Waals surface area contributed by atoms with Gasteiger partial charge in [-0.3, -0.25) is 4.79 Å². The van der Waals surface area contributed by atoms with E-state index in [9.17, 15) is 9.59 Å². The normalized spacial score (nSPS) is 18.9. The Hall–Kier alpha value is -4.04. The van der Waals surface area contributed by atoms with E-state index in [0.29, 0.717) is 30.4 Å². The van der Waals surface area contributed by atoms with Crippen LogP contribution < -0.4 is 15.4 Å². The number of fused-ring (bicyclic) bond motifs is 2. The summed E-state index contributed by atoms with van der Waals surface area (Å²) in [4.78, 5) is 27.9. The lowest BCUT2D eigenvalue weighted by molar-refractivity contribution is 0.0211. The number of benzene rings is 3. The summed E-state index contributed by atoms with van der Waals surface area (Å²) < 4.78 is 16.4. The molecule has 8 nitrogen and oxygen atoms in total. The van der Waals surface area contributed by atoms with Crippen LogP contribution in [0.2, 0.25) is 0 Å². The van der Waals surface area contributed by atoms with E-state index in [1.165, 1.54) is 7.11 Å². The molecule has 202 valence electrons. The lowest BCUT2D eigenvalue weighted by Crippen LogP contribution is -2.43. The summed E-state index contributed by atoms with van der Waals surface area (Å²) in [5, 5.41) is 6.98. The lowest BCUT2D eigenvalue weighted by atomic mass is 9.95. The second-order valence-electron chi connectivity index (χ2n) is 10.6. The minimum atomic E-state index is -0.391. The van der Waals surface area contributed by atoms with Crippen LogP contribution in [0.4, 0.5) is 11.4 Å². The average Bonchev–Trinajstić information content (AvgIpc) is 3.25. The third-order valence-corrected chi connectivity index (χ3v) is 7.82. The molecule has 8 heteroatoms. The van der Waals surface area contributed by atoms with Gasteiger partial charge in [-0.2, -0.15) is 0 Å². The van der Waals surface area contributed by atoms with Gasteiger partial charge in [0, 0.05) is 29.5 Å². The molecule has 2 N–H and O–H groups in total. The molecule has 2 atom stereocenters. The van der Waals surface area contributed by atoms with Crippen molar-refractivity contribution in [2.45, 2.75) is 44.9 Å². The summed E-state index contributed by atoms with van der Waals surface area (Å²) in [6.45, 7) is 6.49. The molecule has 0 aliphatic carbocycles. The van der Waals surface area contributed by atoms with Gasteiger partial charge in [-0.1, -0.05) is 18.2 Å². The van der Waals surface area contributed by atoms with Gasteiger partial charge < -0.3 is 29.7 Å². The number of rotatable bonds is 7. The molecular formula is C31H33N3O5. The first kappa shape index (κ1) is 25.2. The summed E-state index contributed by atoms with van der Waals surface area (Å²) in [7, 11) is 1.38. The zero-order chi connectivity index (χ0) is 27.1. The Bertz CT molecular complexity index is 1430. The molecule has 1 fully saturated rings. The number of para-hydroxylation sites is 1. The number of aryl methyl sites for hydroxylation is 1. The fraction of sp³-hybridized carbons (Fsp3) is 0.355. The summed E-state index contributed by atoms with van der Waals surface area (Å²) in [5.74, 6) is 0.526. The summed E-state index contributed by atoms with van der Waals surface area (Å²) >= 11 is 0. The van der Waals surface area contributed by atoms with Crippen LogP contribution in [0.15, 0.2) is 54.6 Å². The molecule has 0 aromatic heterocycles. The Morgan fingerprint density at radius 1 is 1.10 bits per heavy atom. The van der Waals surface area contributed by atoms with Gasteiger partial charge >= 0.3 is 5.97 Å². The van der Waals surface area contributed by atoms with Crippen LogP contribution in [-0.2, 0) is 22.4 Å². The Balaban J connectivity index is 1.23. The van der Waals surface area contributed by atoms with Crippen molar-refractivity contribution in [3.63, 3.8) is 0 Å². The highest BCUT2D eigenvalue weighted by Crippen LogP contribution is 2.37. The first-order valence-electron chi connectivity index (χ1n) is 13.4. The molecule has 3 heterocycles. The number of methoxy groups -OCH3 is 1. The van der Waals surface area contributed by atoms with Crippen LogP contribution in [0.3, 0.4) is 0 Å². The number of hydrogen-bond acceptors (Lipinski definition) is 7. The smallest absolute Gasteiger partial charge is 0.339 e. The second kappa shape index (κ2) is 10.3. The van der Waals surface area contributed by atoms with E-state index in [4.69, 9.17) is 14.2 Å². The van der Waals surface area contributed by atoms with Gasteiger partial charge in [0.25, 0.3) is 5.91 Å². The van der Waals surface area contributed by atoms with E-state index < -0.39 is 5.97 Å². The van der Waals surface area contributed by atoms with Gasteiger partial charge in [-0.15, -0.1) is 0 Å². The zero-order valence-electron chi connectivity index (χ0n) is 22.5. The number of carbonyl (C=O) groups is 2. The van der Waals surface area contributed by atoms with E-state index in [0.717, 1.165) is 58.9 Å². The van der Waals surface area contributed by atoms with Crippen molar-refractivity contribution in [2.24, 2.45) is 0 Å². The maximum Gasteiger partial charge on any atom is 0.339 e. The number of carbonyl (C=O) groups excluding carboxylic acids is 2. The highest BCUT2D eigenvalue weighted by atomic mass is 16.5. The second-order valence-corrected chi connectivity index (χ2v) is 10.6. The molecule has 3 aliphatic heterocycles. The molecule has 39 heavy (non-hydrogen) atoms. The van der Waals surface area contributed by atoms with Gasteiger partial charge in [0.2, 0.25) is 0 Å². The molecule has 1 saturated heterocycles. The lowest BCUT2D eigenvalue weighted by Gasteiger charge is -2.33. The highest BCUT2D eigenvalue weighted by molar-refractivity contribution is 5.99. The zero-order valence-corrected chi connectivity index (χ0v) is 22.5. The molecule has 0 saturated carbocycles. The van der Waals surface area contributed by atoms with Gasteiger partial charge in [0.15, 0.2) is 0 Å². The molecule has 3 aliphatic rings. The highest BCUT2D eigenvalue weighted by Gasteiger charge is 2.37. The van der Waals surface area contributed by atoms with Gasteiger partial charge in [-0.05, 0) is 78.9 Å². The largest absolute Gasteiger partial charge is 0.491 e. The first-order chi connectivity index (χ1) is 18.9. The topological polar surface area (TPSA) is 89.1 Å². The van der Waals surface area contributed by atoms with Crippen molar-refractivity contribution in [1.82, 2.24) is 4.90 Å². The molecule has 0 spiro atoms. The van der Waals surface area contributed by atoms with Crippen LogP contribution in [0, 0.1) is 6.92 Å². The Labute approximate surface area is 228 Å². The van der Waals surface area contributed by atoms with Crippen molar-refractivity contribution in [1.29, 1.82) is 0 Å². The van der Waals surface area contributed by atoms with Crippen molar-refractivity contribution < 1.29 is 23.8 Å². The van der Waals surface area contributed by atoms with Crippen LogP contribution in [0.25, 0.3) is 0 Å². The molecule has 0 radical (unpaired) electrons. The predicted molar refractivity (Wildman–Crippen MR) is 149 cm³/mol. The Morgan fingerprint density at radius 3 is 2.69 bits per heavy atom. The number of nitrogens with zero attached hydrogens (tertiary/aromatic N) is 1. The molecule has 1 amide bonds. The monoisotopic (exact) mass is 527 g/mol. The molecule has 2 unspecified atom stereocenters. The van der Waals surface area contributed by atoms with Gasteiger partial charge in [0.1, 0.15) is 12.4 Å². The standard InChI is InChI=1S/C31H33N3O5/c1-18-10-25(19(2)32-28-7-5-4-6-24(28)31(36)37-3)27-14-34(30(35)26(27)11-18)23-13-20-12-21(33-22-15-38-16-22)8-9-29(20)39-17-23/h4-12,19,22-23,32-33H,13-17H2,1-3H3. The van der Waals surface area contributed by atoms with Crippen molar-refractivity contribution in [3.8, 4) is 5.75 Å². The summed E-state index contributed by atoms with van der Waals surface area (Å²) in [6.07, 6.45) is 0.736. The van der Waals surface area contributed by atoms with E-state index in [1.807, 2.05) is 48.2 Å². The average molecular weight is 528 g/mol. The fourth-order valence-corrected chi connectivity index (χ4v) is 5.72.